The van der Waals surface area contributed by atoms with Crippen molar-refractivity contribution in [2.45, 2.75) is 13.0 Å². The minimum absolute atomic E-state index is 0.0156. The highest BCUT2D eigenvalue weighted by atomic mass is 35.5. The summed E-state index contributed by atoms with van der Waals surface area (Å²) in [5.74, 6) is -3.00. The molecular formula is C38H49ClF2N9O6+. The predicted molar refractivity (Wildman–Crippen MR) is 208 cm³/mol. The number of methoxy groups -OCH3 is 2. The van der Waals surface area contributed by atoms with Crippen LogP contribution in [-0.2, 0) is 32.7 Å². The first kappa shape index (κ1) is 43.5. The van der Waals surface area contributed by atoms with E-state index in [-0.39, 0.29) is 62.3 Å². The molecule has 0 aliphatic carbocycles. The molecule has 18 heteroatoms. The van der Waals surface area contributed by atoms with Crippen LogP contribution < -0.4 is 11.1 Å². The summed E-state index contributed by atoms with van der Waals surface area (Å²) >= 11 is 6.52. The molecule has 56 heavy (non-hydrogen) atoms. The topological polar surface area (TPSA) is 167 Å². The zero-order valence-corrected chi connectivity index (χ0v) is 33.2. The third-order valence-electron chi connectivity index (χ3n) is 9.64. The Labute approximate surface area is 329 Å². The maximum Gasteiger partial charge on any atom is 0.291 e. The van der Waals surface area contributed by atoms with Crippen LogP contribution >= 0.6 is 11.6 Å². The van der Waals surface area contributed by atoms with E-state index in [4.69, 9.17) is 26.9 Å². The molecular weight excluding hydrogens is 752 g/mol. The minimum Gasteiger partial charge on any atom is -0.388 e. The quantitative estimate of drug-likeness (QED) is 0.240. The zero-order chi connectivity index (χ0) is 41.3. The van der Waals surface area contributed by atoms with Crippen molar-refractivity contribution >= 4 is 47.6 Å². The fourth-order valence-corrected chi connectivity index (χ4v) is 7.03. The summed E-state index contributed by atoms with van der Waals surface area (Å²) in [6, 6.07) is 7.34. The van der Waals surface area contributed by atoms with Gasteiger partial charge in [0.15, 0.2) is 23.3 Å². The first-order valence-electron chi connectivity index (χ1n) is 17.7. The molecule has 0 radical (unpaired) electrons. The van der Waals surface area contributed by atoms with E-state index < -0.39 is 17.5 Å². The Hall–Kier alpha value is -5.23. The first-order valence-corrected chi connectivity index (χ1v) is 18.1. The highest BCUT2D eigenvalue weighted by molar-refractivity contribution is 6.34. The Morgan fingerprint density at radius 3 is 2.23 bits per heavy atom. The van der Waals surface area contributed by atoms with E-state index in [1.165, 1.54) is 60.1 Å². The monoisotopic (exact) mass is 800 g/mol. The van der Waals surface area contributed by atoms with E-state index in [1.807, 2.05) is 11.7 Å². The van der Waals surface area contributed by atoms with Crippen molar-refractivity contribution in [1.82, 2.24) is 29.1 Å². The maximum absolute atomic E-state index is 15.5. The van der Waals surface area contributed by atoms with Crippen LogP contribution in [0.25, 0.3) is 22.4 Å². The van der Waals surface area contributed by atoms with Crippen LogP contribution in [0.15, 0.2) is 42.7 Å². The Morgan fingerprint density at radius 1 is 1.00 bits per heavy atom. The molecule has 0 bridgehead atoms. The number of aromatic nitrogens is 4. The van der Waals surface area contributed by atoms with Crippen LogP contribution in [0.1, 0.15) is 27.4 Å². The molecule has 302 valence electrons. The summed E-state index contributed by atoms with van der Waals surface area (Å²) in [7, 11) is 10.6. The van der Waals surface area contributed by atoms with Gasteiger partial charge in [0, 0.05) is 89.6 Å². The largest absolute Gasteiger partial charge is 0.388 e. The number of carbonyl (C=O) groups excluding carboxylic acids is 4. The van der Waals surface area contributed by atoms with Crippen molar-refractivity contribution in [3.05, 3.63) is 70.8 Å². The highest BCUT2D eigenvalue weighted by Gasteiger charge is 2.38. The number of rotatable bonds is 9. The third-order valence-corrected chi connectivity index (χ3v) is 9.95. The molecule has 2 aromatic carbocycles. The summed E-state index contributed by atoms with van der Waals surface area (Å²) in [4.78, 5) is 55.3. The van der Waals surface area contributed by atoms with Crippen molar-refractivity contribution < 1.29 is 41.9 Å². The zero-order valence-electron chi connectivity index (χ0n) is 32.5. The molecule has 2 aliphatic rings. The summed E-state index contributed by atoms with van der Waals surface area (Å²) in [6.07, 6.45) is 3.67. The van der Waals surface area contributed by atoms with Crippen LogP contribution in [0, 0.1) is 17.6 Å². The van der Waals surface area contributed by atoms with Gasteiger partial charge in [-0.1, -0.05) is 17.7 Å². The number of piperazine rings is 1. The minimum atomic E-state index is -1.14. The van der Waals surface area contributed by atoms with Crippen LogP contribution in [0.3, 0.4) is 0 Å². The lowest BCUT2D eigenvalue weighted by molar-refractivity contribution is -0.878. The number of halogens is 3. The molecule has 2 fully saturated rings. The number of nitrogens with one attached hydrogen (secondary N) is 1. The Morgan fingerprint density at radius 2 is 1.62 bits per heavy atom. The number of imidazole rings is 1. The van der Waals surface area contributed by atoms with E-state index in [0.717, 1.165) is 24.0 Å². The van der Waals surface area contributed by atoms with Gasteiger partial charge in [0.2, 0.25) is 5.91 Å². The summed E-state index contributed by atoms with van der Waals surface area (Å²) < 4.78 is 43.8. The van der Waals surface area contributed by atoms with Gasteiger partial charge in [-0.3, -0.25) is 19.1 Å². The standard InChI is InChI=1S/C35H40ClF2N9O4.C2H6O.CH2O/c1-43-28(25-8-7-23(29(37)30(25)38)26-19-46(14-16-51-4)42-31(26)39)18-40-32(43)33(48)41-22-5-6-24(27(36)17-22)35(50)45-12-10-44(11-13-45)34(49)21-9-15-47(2,3)20-21;1-3-2;1-2/h5-8,17-19,21H,9-16,20H2,1-4H3,(H2-,39,41,42,48,50);1-2H3;1H2/p+1. The first-order chi connectivity index (χ1) is 26.7. The van der Waals surface area contributed by atoms with Gasteiger partial charge in [-0.05, 0) is 24.3 Å². The van der Waals surface area contributed by atoms with Crippen molar-refractivity contribution in [2.24, 2.45) is 13.0 Å². The lowest BCUT2D eigenvalue weighted by Gasteiger charge is -2.36. The normalized spacial score (nSPS) is 16.1. The Balaban J connectivity index is 0.00000133. The number of hydrogen-bond donors (Lipinski definition) is 2. The highest BCUT2D eigenvalue weighted by Crippen LogP contribution is 2.34. The SMILES string of the molecule is C=O.COC.COCCn1cc(-c2ccc(-c3cnc(C(=O)Nc4ccc(C(=O)N5CCN(C(=O)C6CC[N+](C)(C)C6)CC5)c(Cl)c4)n3C)c(F)c2F)c(N)n1. The van der Waals surface area contributed by atoms with E-state index in [0.29, 0.717) is 45.0 Å². The van der Waals surface area contributed by atoms with Gasteiger partial charge in [0.25, 0.3) is 11.8 Å². The van der Waals surface area contributed by atoms with Crippen LogP contribution in [0.4, 0.5) is 20.3 Å². The van der Waals surface area contributed by atoms with Gasteiger partial charge in [0.1, 0.15) is 6.79 Å². The number of benzene rings is 2. The van der Waals surface area contributed by atoms with Gasteiger partial charge >= 0.3 is 0 Å². The third kappa shape index (κ3) is 9.76. The molecule has 15 nitrogen and oxygen atoms in total. The second kappa shape index (κ2) is 19.1. The predicted octanol–water partition coefficient (Wildman–Crippen LogP) is 3.82. The average molecular weight is 801 g/mol. The molecule has 0 spiro atoms. The molecule has 2 aromatic heterocycles. The number of ether oxygens (including phenoxy) is 2. The number of amides is 3. The lowest BCUT2D eigenvalue weighted by Crippen LogP contribution is -2.52. The van der Waals surface area contributed by atoms with Gasteiger partial charge in [-0.15, -0.1) is 0 Å². The molecule has 4 heterocycles. The van der Waals surface area contributed by atoms with Gasteiger partial charge in [0.05, 0.1) is 68.7 Å². The van der Waals surface area contributed by atoms with E-state index in [9.17, 15) is 14.4 Å². The number of likely N-dealkylation sites (tertiary alicyclic amines) is 1. The lowest BCUT2D eigenvalue weighted by atomic mass is 10.0. The number of nitrogen functional groups attached to an aromatic ring is 1. The van der Waals surface area contributed by atoms with Crippen molar-refractivity contribution in [3.8, 4) is 22.4 Å². The van der Waals surface area contributed by atoms with E-state index >= 15 is 8.78 Å². The molecule has 6 rings (SSSR count). The van der Waals surface area contributed by atoms with Crippen molar-refractivity contribution in [2.75, 3.05) is 92.4 Å². The van der Waals surface area contributed by atoms with Crippen molar-refractivity contribution in [1.29, 1.82) is 0 Å². The number of quaternary nitrogens is 1. The molecule has 0 saturated carbocycles. The van der Waals surface area contributed by atoms with Gasteiger partial charge < -0.3 is 44.2 Å². The maximum atomic E-state index is 15.5. The Kier molecular flexibility index (Phi) is 14.8. The second-order valence-electron chi connectivity index (χ2n) is 14.0. The molecule has 4 aromatic rings. The molecule has 1 atom stereocenters. The molecule has 2 aliphatic heterocycles. The number of hydrogen-bond acceptors (Lipinski definition) is 9. The molecule has 3 N–H and O–H groups in total. The second-order valence-corrected chi connectivity index (χ2v) is 14.4. The van der Waals surface area contributed by atoms with Gasteiger partial charge in [-0.25, -0.2) is 13.8 Å². The number of nitrogens with two attached hydrogens (primary N) is 1. The summed E-state index contributed by atoms with van der Waals surface area (Å²) in [5.41, 5.74) is 6.81. The average Bonchev–Trinajstić information content (AvgIpc) is 3.87. The van der Waals surface area contributed by atoms with Crippen LogP contribution in [-0.4, -0.2) is 139 Å². The van der Waals surface area contributed by atoms with Crippen LogP contribution in [0.2, 0.25) is 5.02 Å². The smallest absolute Gasteiger partial charge is 0.291 e. The Bertz CT molecular complexity index is 2030. The molecule has 3 amide bonds. The van der Waals surface area contributed by atoms with Crippen molar-refractivity contribution in [3.63, 3.8) is 0 Å². The number of carbonyl (C=O) groups is 4. The molecule has 2 saturated heterocycles. The van der Waals surface area contributed by atoms with E-state index in [2.05, 4.69) is 34.2 Å². The summed E-state index contributed by atoms with van der Waals surface area (Å²) in [6.45, 7) is 6.27. The van der Waals surface area contributed by atoms with Gasteiger partial charge in [-0.2, -0.15) is 5.10 Å². The fraction of sp³-hybridized carbons (Fsp3) is 0.421. The van der Waals surface area contributed by atoms with Crippen LogP contribution in [0.5, 0.6) is 0 Å². The van der Waals surface area contributed by atoms with E-state index in [1.54, 1.807) is 25.2 Å². The molecule has 1 unspecified atom stereocenters. The number of anilines is 2. The summed E-state index contributed by atoms with van der Waals surface area (Å²) in [5, 5.41) is 6.98. The fourth-order valence-electron chi connectivity index (χ4n) is 6.77. The number of nitrogens with zero attached hydrogens (tertiary/aromatic N) is 7.